The van der Waals surface area contributed by atoms with Crippen LogP contribution in [0.5, 0.6) is 5.75 Å². The molecule has 1 heterocycles. The van der Waals surface area contributed by atoms with E-state index in [-0.39, 0.29) is 17.3 Å². The van der Waals surface area contributed by atoms with Gasteiger partial charge < -0.3 is 4.74 Å². The first kappa shape index (κ1) is 20.0. The van der Waals surface area contributed by atoms with Crippen molar-refractivity contribution in [2.45, 2.75) is 6.92 Å². The summed E-state index contributed by atoms with van der Waals surface area (Å²) >= 11 is 0. The average molecular weight is 413 g/mol. The molecule has 31 heavy (non-hydrogen) atoms. The normalized spacial score (nSPS) is 14.6. The van der Waals surface area contributed by atoms with Crippen LogP contribution in [0.15, 0.2) is 89.6 Å². The zero-order valence-electron chi connectivity index (χ0n) is 16.8. The third-order valence-corrected chi connectivity index (χ3v) is 4.71. The van der Waals surface area contributed by atoms with Gasteiger partial charge >= 0.3 is 0 Å². The minimum atomic E-state index is -0.461. The molecule has 0 radical (unpaired) electrons. The molecule has 0 saturated carbocycles. The van der Waals surface area contributed by atoms with Crippen molar-refractivity contribution in [2.75, 3.05) is 11.5 Å². The maximum Gasteiger partial charge on any atom is 0.282 e. The molecule has 0 bridgehead atoms. The molecule has 1 amide bonds. The van der Waals surface area contributed by atoms with E-state index in [4.69, 9.17) is 4.74 Å². The SMILES string of the molecule is CCOc1ccc(N2C(=O)/C(=C\c3ccc([N+](=O)[O-])cc3)N=C2c2ccccc2)cc1. The Morgan fingerprint density at radius 3 is 2.29 bits per heavy atom. The summed E-state index contributed by atoms with van der Waals surface area (Å²) in [5.41, 5.74) is 2.37. The predicted molar refractivity (Wildman–Crippen MR) is 119 cm³/mol. The number of amides is 1. The van der Waals surface area contributed by atoms with Gasteiger partial charge in [0.2, 0.25) is 0 Å². The van der Waals surface area contributed by atoms with Crippen molar-refractivity contribution >= 4 is 29.2 Å². The number of nitrogens with zero attached hydrogens (tertiary/aromatic N) is 3. The molecule has 1 aliphatic heterocycles. The molecule has 0 aromatic heterocycles. The topological polar surface area (TPSA) is 85.0 Å². The number of rotatable bonds is 6. The van der Waals surface area contributed by atoms with E-state index in [2.05, 4.69) is 4.99 Å². The summed E-state index contributed by atoms with van der Waals surface area (Å²) in [7, 11) is 0. The number of aliphatic imine (C=N–C) groups is 1. The molecule has 4 rings (SSSR count). The lowest BCUT2D eigenvalue weighted by Crippen LogP contribution is -2.32. The van der Waals surface area contributed by atoms with Gasteiger partial charge in [0, 0.05) is 17.7 Å². The zero-order valence-corrected chi connectivity index (χ0v) is 16.8. The molecular formula is C24H19N3O4. The van der Waals surface area contributed by atoms with Gasteiger partial charge in [0.25, 0.3) is 11.6 Å². The Kier molecular flexibility index (Phi) is 5.57. The Morgan fingerprint density at radius 1 is 1.00 bits per heavy atom. The van der Waals surface area contributed by atoms with E-state index in [9.17, 15) is 14.9 Å². The van der Waals surface area contributed by atoms with Gasteiger partial charge in [-0.15, -0.1) is 0 Å². The number of anilines is 1. The fraction of sp³-hybridized carbons (Fsp3) is 0.0833. The maximum atomic E-state index is 13.3. The predicted octanol–water partition coefficient (Wildman–Crippen LogP) is 4.83. The largest absolute Gasteiger partial charge is 0.494 e. The van der Waals surface area contributed by atoms with Gasteiger partial charge in [-0.05, 0) is 55.0 Å². The van der Waals surface area contributed by atoms with Crippen molar-refractivity contribution in [1.82, 2.24) is 0 Å². The minimum Gasteiger partial charge on any atom is -0.494 e. The monoisotopic (exact) mass is 413 g/mol. The van der Waals surface area contributed by atoms with Crippen LogP contribution in [0, 0.1) is 10.1 Å². The molecule has 154 valence electrons. The highest BCUT2D eigenvalue weighted by Gasteiger charge is 2.32. The van der Waals surface area contributed by atoms with Crippen LogP contribution in [0.3, 0.4) is 0 Å². The Balaban J connectivity index is 1.73. The van der Waals surface area contributed by atoms with Crippen molar-refractivity contribution in [3.8, 4) is 5.75 Å². The van der Waals surface area contributed by atoms with Crippen molar-refractivity contribution in [3.63, 3.8) is 0 Å². The van der Waals surface area contributed by atoms with Crippen LogP contribution in [0.2, 0.25) is 0 Å². The van der Waals surface area contributed by atoms with Gasteiger partial charge in [-0.25, -0.2) is 4.99 Å². The molecule has 1 aliphatic rings. The number of carbonyl (C=O) groups is 1. The van der Waals surface area contributed by atoms with Crippen LogP contribution in [-0.4, -0.2) is 23.3 Å². The van der Waals surface area contributed by atoms with Crippen LogP contribution in [-0.2, 0) is 4.79 Å². The van der Waals surface area contributed by atoms with Crippen molar-refractivity contribution in [1.29, 1.82) is 0 Å². The van der Waals surface area contributed by atoms with Crippen LogP contribution < -0.4 is 9.64 Å². The van der Waals surface area contributed by atoms with Crippen LogP contribution >= 0.6 is 0 Å². The maximum absolute atomic E-state index is 13.3. The van der Waals surface area contributed by atoms with Crippen molar-refractivity contribution < 1.29 is 14.5 Å². The lowest BCUT2D eigenvalue weighted by atomic mass is 10.1. The Labute approximate surface area is 179 Å². The lowest BCUT2D eigenvalue weighted by Gasteiger charge is -2.19. The number of hydrogen-bond acceptors (Lipinski definition) is 5. The molecular weight excluding hydrogens is 394 g/mol. The third-order valence-electron chi connectivity index (χ3n) is 4.71. The number of ether oxygens (including phenoxy) is 1. The number of carbonyl (C=O) groups excluding carboxylic acids is 1. The van der Waals surface area contributed by atoms with Gasteiger partial charge in [-0.1, -0.05) is 30.3 Å². The third kappa shape index (κ3) is 4.20. The van der Waals surface area contributed by atoms with E-state index in [0.29, 0.717) is 23.7 Å². The quantitative estimate of drug-likeness (QED) is 0.329. The molecule has 0 saturated heterocycles. The highest BCUT2D eigenvalue weighted by atomic mass is 16.6. The van der Waals surface area contributed by atoms with Gasteiger partial charge in [0.1, 0.15) is 17.3 Å². The number of nitro groups is 1. The number of benzene rings is 3. The van der Waals surface area contributed by atoms with Gasteiger partial charge in [0.05, 0.1) is 17.2 Å². The van der Waals surface area contributed by atoms with Crippen LogP contribution in [0.4, 0.5) is 11.4 Å². The summed E-state index contributed by atoms with van der Waals surface area (Å²) in [5.74, 6) is 0.960. The molecule has 3 aromatic carbocycles. The highest BCUT2D eigenvalue weighted by Crippen LogP contribution is 2.29. The Hall–Kier alpha value is -4.26. The van der Waals surface area contributed by atoms with E-state index in [0.717, 1.165) is 11.3 Å². The molecule has 7 nitrogen and oxygen atoms in total. The Morgan fingerprint density at radius 2 is 1.68 bits per heavy atom. The molecule has 0 fully saturated rings. The molecule has 0 aliphatic carbocycles. The molecule has 0 unspecified atom stereocenters. The van der Waals surface area contributed by atoms with Gasteiger partial charge in [0.15, 0.2) is 0 Å². The Bertz CT molecular complexity index is 1170. The second kappa shape index (κ2) is 8.62. The standard InChI is InChI=1S/C24H19N3O4/c1-2-31-21-14-12-19(13-15-21)26-23(18-6-4-3-5-7-18)25-22(24(26)28)16-17-8-10-20(11-9-17)27(29)30/h3-16H,2H2,1H3/b22-16+. The first-order valence-corrected chi connectivity index (χ1v) is 9.74. The summed E-state index contributed by atoms with van der Waals surface area (Å²) < 4.78 is 5.50. The summed E-state index contributed by atoms with van der Waals surface area (Å²) in [6, 6.07) is 22.7. The smallest absolute Gasteiger partial charge is 0.282 e. The van der Waals surface area contributed by atoms with E-state index >= 15 is 0 Å². The lowest BCUT2D eigenvalue weighted by molar-refractivity contribution is -0.384. The highest BCUT2D eigenvalue weighted by molar-refractivity contribution is 6.33. The first-order valence-electron chi connectivity index (χ1n) is 9.74. The first-order chi connectivity index (χ1) is 15.1. The second-order valence-corrected chi connectivity index (χ2v) is 6.75. The average Bonchev–Trinajstić information content (AvgIpc) is 3.11. The van der Waals surface area contributed by atoms with Crippen molar-refractivity contribution in [3.05, 3.63) is 106 Å². The number of non-ortho nitro benzene ring substituents is 1. The molecule has 7 heteroatoms. The van der Waals surface area contributed by atoms with Crippen LogP contribution in [0.25, 0.3) is 6.08 Å². The van der Waals surface area contributed by atoms with E-state index in [1.54, 1.807) is 23.1 Å². The number of nitro benzene ring substituents is 1. The summed E-state index contributed by atoms with van der Waals surface area (Å²) in [6.45, 7) is 2.47. The van der Waals surface area contributed by atoms with Gasteiger partial charge in [-0.3, -0.25) is 19.8 Å². The number of hydrogen-bond donors (Lipinski definition) is 0. The summed E-state index contributed by atoms with van der Waals surface area (Å²) in [4.78, 5) is 29.8. The second-order valence-electron chi connectivity index (χ2n) is 6.75. The fourth-order valence-corrected chi connectivity index (χ4v) is 3.25. The van der Waals surface area contributed by atoms with Gasteiger partial charge in [-0.2, -0.15) is 0 Å². The molecule has 0 N–H and O–H groups in total. The summed E-state index contributed by atoms with van der Waals surface area (Å²) in [6.07, 6.45) is 1.63. The number of amidine groups is 1. The zero-order chi connectivity index (χ0) is 21.8. The molecule has 0 spiro atoms. The van der Waals surface area contributed by atoms with Crippen LogP contribution in [0.1, 0.15) is 18.1 Å². The minimum absolute atomic E-state index is 0.00983. The van der Waals surface area contributed by atoms with E-state index in [1.165, 1.54) is 12.1 Å². The van der Waals surface area contributed by atoms with E-state index in [1.807, 2.05) is 61.5 Å². The van der Waals surface area contributed by atoms with E-state index < -0.39 is 4.92 Å². The summed E-state index contributed by atoms with van der Waals surface area (Å²) in [5, 5.41) is 10.9. The van der Waals surface area contributed by atoms with Crippen molar-refractivity contribution in [2.24, 2.45) is 4.99 Å². The fourth-order valence-electron chi connectivity index (χ4n) is 3.25. The molecule has 3 aromatic rings. The molecule has 0 atom stereocenters.